The lowest BCUT2D eigenvalue weighted by Gasteiger charge is -2.23. The van der Waals surface area contributed by atoms with E-state index >= 15 is 0 Å². The Kier molecular flexibility index (Phi) is 5.68. The summed E-state index contributed by atoms with van der Waals surface area (Å²) in [4.78, 5) is 12.6. The van der Waals surface area contributed by atoms with Gasteiger partial charge in [-0.25, -0.2) is 0 Å². The zero-order chi connectivity index (χ0) is 17.6. The van der Waals surface area contributed by atoms with Crippen molar-refractivity contribution < 1.29 is 14.3 Å². The van der Waals surface area contributed by atoms with Crippen LogP contribution in [0.15, 0.2) is 42.5 Å². The number of carbonyl (C=O) groups excluding carboxylic acids is 1. The van der Waals surface area contributed by atoms with E-state index in [9.17, 15) is 4.79 Å². The van der Waals surface area contributed by atoms with Crippen molar-refractivity contribution in [3.8, 4) is 0 Å². The minimum absolute atomic E-state index is 0.0863. The fourth-order valence-corrected chi connectivity index (χ4v) is 2.78. The minimum Gasteiger partial charge on any atom is -0.376 e. The van der Waals surface area contributed by atoms with Crippen molar-refractivity contribution in [3.63, 3.8) is 0 Å². The third kappa shape index (κ3) is 4.38. The Morgan fingerprint density at radius 2 is 1.88 bits per heavy atom. The molecule has 1 fully saturated rings. The second kappa shape index (κ2) is 8.14. The summed E-state index contributed by atoms with van der Waals surface area (Å²) in [5.41, 5.74) is 4.78. The Morgan fingerprint density at radius 1 is 1.08 bits per heavy atom. The molecule has 1 atom stereocenters. The van der Waals surface area contributed by atoms with E-state index in [1.807, 2.05) is 36.4 Å². The summed E-state index contributed by atoms with van der Waals surface area (Å²) in [5, 5.41) is 6.32. The molecule has 2 N–H and O–H groups in total. The fraction of sp³-hybridized carbons (Fsp3) is 0.350. The zero-order valence-electron chi connectivity index (χ0n) is 14.7. The second-order valence-electron chi connectivity index (χ2n) is 6.20. The maximum atomic E-state index is 12.6. The molecule has 5 heteroatoms. The van der Waals surface area contributed by atoms with Crippen molar-refractivity contribution >= 4 is 17.3 Å². The van der Waals surface area contributed by atoms with Crippen LogP contribution in [0.3, 0.4) is 0 Å². The molecule has 25 heavy (non-hydrogen) atoms. The van der Waals surface area contributed by atoms with Crippen LogP contribution in [-0.4, -0.2) is 38.4 Å². The van der Waals surface area contributed by atoms with Crippen molar-refractivity contribution in [1.29, 1.82) is 0 Å². The molecule has 0 aliphatic carbocycles. The SMILES string of the molecule is Cc1cccc(Nc2ccccc2C(=O)NCC2COCCO2)c1C. The first-order valence-electron chi connectivity index (χ1n) is 8.55. The van der Waals surface area contributed by atoms with Gasteiger partial charge in [-0.1, -0.05) is 24.3 Å². The predicted molar refractivity (Wildman–Crippen MR) is 98.5 cm³/mol. The minimum atomic E-state index is -0.123. The van der Waals surface area contributed by atoms with Crippen LogP contribution >= 0.6 is 0 Å². The number of amides is 1. The Bertz CT molecular complexity index is 739. The molecule has 1 amide bonds. The molecule has 1 aliphatic rings. The molecule has 0 aromatic heterocycles. The summed E-state index contributed by atoms with van der Waals surface area (Å²) >= 11 is 0. The highest BCUT2D eigenvalue weighted by molar-refractivity contribution is 6.00. The van der Waals surface area contributed by atoms with Gasteiger partial charge in [-0.3, -0.25) is 4.79 Å². The standard InChI is InChI=1S/C20H24N2O3/c1-14-6-5-9-18(15(14)2)22-19-8-4-3-7-17(19)20(23)21-12-16-13-24-10-11-25-16/h3-9,16,22H,10-13H2,1-2H3,(H,21,23). The van der Waals surface area contributed by atoms with E-state index in [-0.39, 0.29) is 12.0 Å². The average molecular weight is 340 g/mol. The van der Waals surface area contributed by atoms with Crippen LogP contribution in [0.25, 0.3) is 0 Å². The third-order valence-electron chi connectivity index (χ3n) is 4.42. The maximum Gasteiger partial charge on any atom is 0.253 e. The number of hydrogen-bond donors (Lipinski definition) is 2. The number of rotatable bonds is 5. The first-order valence-corrected chi connectivity index (χ1v) is 8.55. The summed E-state index contributed by atoms with van der Waals surface area (Å²) in [6, 6.07) is 13.6. The molecule has 3 rings (SSSR count). The number of ether oxygens (including phenoxy) is 2. The number of benzene rings is 2. The molecule has 0 spiro atoms. The summed E-state index contributed by atoms with van der Waals surface area (Å²) in [5.74, 6) is -0.123. The van der Waals surface area contributed by atoms with Gasteiger partial charge in [0.2, 0.25) is 0 Å². The van der Waals surface area contributed by atoms with Crippen LogP contribution in [0.4, 0.5) is 11.4 Å². The molecule has 1 heterocycles. The molecule has 0 saturated carbocycles. The monoisotopic (exact) mass is 340 g/mol. The molecule has 5 nitrogen and oxygen atoms in total. The Labute approximate surface area is 148 Å². The van der Waals surface area contributed by atoms with Gasteiger partial charge in [-0.2, -0.15) is 0 Å². The highest BCUT2D eigenvalue weighted by Gasteiger charge is 2.17. The van der Waals surface area contributed by atoms with E-state index in [1.54, 1.807) is 0 Å². The first-order chi connectivity index (χ1) is 12.1. The summed E-state index contributed by atoms with van der Waals surface area (Å²) in [6.07, 6.45) is -0.0863. The molecule has 1 aliphatic heterocycles. The van der Waals surface area contributed by atoms with Gasteiger partial charge in [0.25, 0.3) is 5.91 Å². The number of carbonyl (C=O) groups is 1. The first kappa shape index (κ1) is 17.5. The lowest BCUT2D eigenvalue weighted by atomic mass is 10.1. The largest absolute Gasteiger partial charge is 0.376 e. The highest BCUT2D eigenvalue weighted by Crippen LogP contribution is 2.25. The Balaban J connectivity index is 1.71. The van der Waals surface area contributed by atoms with Crippen molar-refractivity contribution in [3.05, 3.63) is 59.2 Å². The summed E-state index contributed by atoms with van der Waals surface area (Å²) in [6.45, 7) is 6.30. The number of nitrogens with one attached hydrogen (secondary N) is 2. The van der Waals surface area contributed by atoms with E-state index in [2.05, 4.69) is 30.5 Å². The van der Waals surface area contributed by atoms with Crippen LogP contribution in [0, 0.1) is 13.8 Å². The maximum absolute atomic E-state index is 12.6. The summed E-state index contributed by atoms with van der Waals surface area (Å²) in [7, 11) is 0. The van der Waals surface area contributed by atoms with Crippen LogP contribution in [0.5, 0.6) is 0 Å². The van der Waals surface area contributed by atoms with E-state index < -0.39 is 0 Å². The number of hydrogen-bond acceptors (Lipinski definition) is 4. The smallest absolute Gasteiger partial charge is 0.253 e. The molecule has 1 saturated heterocycles. The van der Waals surface area contributed by atoms with Crippen LogP contribution in [0.1, 0.15) is 21.5 Å². The molecule has 2 aromatic carbocycles. The normalized spacial score (nSPS) is 17.1. The molecule has 132 valence electrons. The van der Waals surface area contributed by atoms with E-state index in [1.165, 1.54) is 11.1 Å². The van der Waals surface area contributed by atoms with Crippen molar-refractivity contribution in [2.45, 2.75) is 20.0 Å². The quantitative estimate of drug-likeness (QED) is 0.878. The molecular weight excluding hydrogens is 316 g/mol. The van der Waals surface area contributed by atoms with Crippen molar-refractivity contribution in [2.75, 3.05) is 31.7 Å². The Hall–Kier alpha value is -2.37. The fourth-order valence-electron chi connectivity index (χ4n) is 2.78. The average Bonchev–Trinajstić information content (AvgIpc) is 2.65. The molecule has 1 unspecified atom stereocenters. The van der Waals surface area contributed by atoms with Gasteiger partial charge in [0.05, 0.1) is 37.2 Å². The number of para-hydroxylation sites is 1. The van der Waals surface area contributed by atoms with Gasteiger partial charge >= 0.3 is 0 Å². The number of anilines is 2. The van der Waals surface area contributed by atoms with Gasteiger partial charge in [0.1, 0.15) is 0 Å². The van der Waals surface area contributed by atoms with Gasteiger partial charge in [0.15, 0.2) is 0 Å². The summed E-state index contributed by atoms with van der Waals surface area (Å²) < 4.78 is 10.9. The molecule has 0 radical (unpaired) electrons. The second-order valence-corrected chi connectivity index (χ2v) is 6.20. The van der Waals surface area contributed by atoms with Crippen molar-refractivity contribution in [2.24, 2.45) is 0 Å². The lowest BCUT2D eigenvalue weighted by Crippen LogP contribution is -2.39. The van der Waals surface area contributed by atoms with Crippen LogP contribution in [0.2, 0.25) is 0 Å². The van der Waals surface area contributed by atoms with Gasteiger partial charge in [-0.05, 0) is 43.2 Å². The predicted octanol–water partition coefficient (Wildman–Crippen LogP) is 3.19. The third-order valence-corrected chi connectivity index (χ3v) is 4.42. The highest BCUT2D eigenvalue weighted by atomic mass is 16.6. The van der Waals surface area contributed by atoms with E-state index in [0.717, 1.165) is 11.4 Å². The van der Waals surface area contributed by atoms with E-state index in [4.69, 9.17) is 9.47 Å². The Morgan fingerprint density at radius 3 is 2.68 bits per heavy atom. The number of aryl methyl sites for hydroxylation is 1. The lowest BCUT2D eigenvalue weighted by molar-refractivity contribution is -0.0855. The van der Waals surface area contributed by atoms with Gasteiger partial charge in [0, 0.05) is 12.2 Å². The van der Waals surface area contributed by atoms with Crippen LogP contribution in [-0.2, 0) is 9.47 Å². The van der Waals surface area contributed by atoms with E-state index in [0.29, 0.717) is 31.9 Å². The topological polar surface area (TPSA) is 59.6 Å². The zero-order valence-corrected chi connectivity index (χ0v) is 14.7. The molecule has 0 bridgehead atoms. The molecular formula is C20H24N2O3. The molecule has 2 aromatic rings. The van der Waals surface area contributed by atoms with Crippen LogP contribution < -0.4 is 10.6 Å². The van der Waals surface area contributed by atoms with Gasteiger partial charge < -0.3 is 20.1 Å². The van der Waals surface area contributed by atoms with Crippen molar-refractivity contribution in [1.82, 2.24) is 5.32 Å². The van der Waals surface area contributed by atoms with Gasteiger partial charge in [-0.15, -0.1) is 0 Å².